The topological polar surface area (TPSA) is 46.9 Å². The van der Waals surface area contributed by atoms with Crippen LogP contribution in [0.1, 0.15) is 0 Å². The summed E-state index contributed by atoms with van der Waals surface area (Å²) in [5.41, 5.74) is 0.514. The summed E-state index contributed by atoms with van der Waals surface area (Å²) < 4.78 is 1.85. The molecule has 2 rings (SSSR count). The number of hydrogen-bond donors (Lipinski definition) is 1. The number of benzene rings is 1. The first-order valence-electron chi connectivity index (χ1n) is 5.42. The highest BCUT2D eigenvalue weighted by molar-refractivity contribution is 7.99. The van der Waals surface area contributed by atoms with Gasteiger partial charge in [-0.2, -0.15) is 0 Å². The minimum Gasteiger partial charge on any atom is -0.329 e. The molecule has 0 saturated heterocycles. The van der Waals surface area contributed by atoms with Gasteiger partial charge in [0.2, 0.25) is 5.91 Å². The molecule has 0 spiro atoms. The van der Waals surface area contributed by atoms with Crippen LogP contribution in [0.5, 0.6) is 0 Å². The van der Waals surface area contributed by atoms with E-state index in [9.17, 15) is 4.79 Å². The van der Waals surface area contributed by atoms with Crippen LogP contribution in [-0.4, -0.2) is 21.2 Å². The molecule has 0 fully saturated rings. The van der Waals surface area contributed by atoms with E-state index < -0.39 is 0 Å². The lowest BCUT2D eigenvalue weighted by Gasteiger charge is -2.07. The van der Waals surface area contributed by atoms with Crippen LogP contribution < -0.4 is 5.32 Å². The standard InChI is InChI=1S/C12H11Cl2N3OS/c1-17-6-5-15-12(17)19-7-10(18)16-9-4-2-3-8(13)11(9)14/h2-6H,7H2,1H3,(H,16,18). The number of thioether (sulfide) groups is 1. The number of aryl methyl sites for hydroxylation is 1. The first kappa shape index (κ1) is 14.2. The average Bonchev–Trinajstić information content (AvgIpc) is 2.78. The number of nitrogens with zero attached hydrogens (tertiary/aromatic N) is 2. The molecule has 0 aliphatic carbocycles. The summed E-state index contributed by atoms with van der Waals surface area (Å²) in [4.78, 5) is 15.9. The monoisotopic (exact) mass is 315 g/mol. The molecule has 4 nitrogen and oxygen atoms in total. The molecule has 0 unspecified atom stereocenters. The largest absolute Gasteiger partial charge is 0.329 e. The van der Waals surface area contributed by atoms with Gasteiger partial charge in [-0.1, -0.05) is 41.0 Å². The van der Waals surface area contributed by atoms with Crippen LogP contribution in [0.4, 0.5) is 5.69 Å². The molecule has 0 radical (unpaired) electrons. The van der Waals surface area contributed by atoms with Crippen molar-refractivity contribution >= 4 is 46.6 Å². The molecule has 0 bridgehead atoms. The van der Waals surface area contributed by atoms with Crippen LogP contribution in [0, 0.1) is 0 Å². The predicted octanol–water partition coefficient (Wildman–Crippen LogP) is 3.46. The Bertz CT molecular complexity index is 600. The van der Waals surface area contributed by atoms with E-state index in [0.29, 0.717) is 15.7 Å². The fraction of sp³-hybridized carbons (Fsp3) is 0.167. The van der Waals surface area contributed by atoms with Crippen molar-refractivity contribution in [2.45, 2.75) is 5.16 Å². The Morgan fingerprint density at radius 2 is 2.26 bits per heavy atom. The summed E-state index contributed by atoms with van der Waals surface area (Å²) in [6.07, 6.45) is 3.52. The lowest BCUT2D eigenvalue weighted by atomic mass is 10.3. The Morgan fingerprint density at radius 3 is 2.95 bits per heavy atom. The van der Waals surface area contributed by atoms with E-state index >= 15 is 0 Å². The Morgan fingerprint density at radius 1 is 1.47 bits per heavy atom. The molecule has 1 aromatic carbocycles. The molecule has 1 N–H and O–H groups in total. The maximum absolute atomic E-state index is 11.8. The Hall–Kier alpha value is -1.17. The van der Waals surface area contributed by atoms with Crippen LogP contribution in [0.2, 0.25) is 10.0 Å². The van der Waals surface area contributed by atoms with Gasteiger partial charge in [-0.05, 0) is 12.1 Å². The molecule has 7 heteroatoms. The van der Waals surface area contributed by atoms with Gasteiger partial charge in [0, 0.05) is 19.4 Å². The average molecular weight is 316 g/mol. The zero-order valence-corrected chi connectivity index (χ0v) is 12.4. The Labute approximate surface area is 125 Å². The number of imidazole rings is 1. The first-order valence-corrected chi connectivity index (χ1v) is 7.16. The highest BCUT2D eigenvalue weighted by Crippen LogP contribution is 2.29. The van der Waals surface area contributed by atoms with E-state index in [1.807, 2.05) is 17.8 Å². The van der Waals surface area contributed by atoms with E-state index in [1.165, 1.54) is 11.8 Å². The van der Waals surface area contributed by atoms with Gasteiger partial charge < -0.3 is 9.88 Å². The van der Waals surface area contributed by atoms with Gasteiger partial charge in [0.15, 0.2) is 5.16 Å². The van der Waals surface area contributed by atoms with Crippen molar-refractivity contribution in [3.05, 3.63) is 40.6 Å². The number of carbonyl (C=O) groups excluding carboxylic acids is 1. The third-order valence-corrected chi connectivity index (χ3v) is 4.21. The molecule has 19 heavy (non-hydrogen) atoms. The number of nitrogens with one attached hydrogen (secondary N) is 1. The molecule has 0 atom stereocenters. The van der Waals surface area contributed by atoms with Gasteiger partial charge in [-0.25, -0.2) is 4.98 Å². The number of halogens is 2. The van der Waals surface area contributed by atoms with Gasteiger partial charge >= 0.3 is 0 Å². The molecule has 0 aliphatic rings. The zero-order valence-electron chi connectivity index (χ0n) is 10.1. The van der Waals surface area contributed by atoms with E-state index in [0.717, 1.165) is 5.16 Å². The van der Waals surface area contributed by atoms with Crippen LogP contribution in [0.3, 0.4) is 0 Å². The molecular weight excluding hydrogens is 305 g/mol. The van der Waals surface area contributed by atoms with Crippen molar-refractivity contribution < 1.29 is 4.79 Å². The third kappa shape index (κ3) is 3.65. The highest BCUT2D eigenvalue weighted by atomic mass is 35.5. The van der Waals surface area contributed by atoms with E-state index in [-0.39, 0.29) is 11.7 Å². The van der Waals surface area contributed by atoms with Crippen molar-refractivity contribution in [1.29, 1.82) is 0 Å². The molecule has 100 valence electrons. The molecule has 0 aliphatic heterocycles. The second-order valence-corrected chi connectivity index (χ2v) is 5.49. The summed E-state index contributed by atoms with van der Waals surface area (Å²) in [5, 5.41) is 4.26. The number of hydrogen-bond acceptors (Lipinski definition) is 3. The normalized spacial score (nSPS) is 10.5. The quantitative estimate of drug-likeness (QED) is 0.879. The van der Waals surface area contributed by atoms with Gasteiger partial charge in [0.05, 0.1) is 21.5 Å². The molecule has 1 aromatic heterocycles. The SMILES string of the molecule is Cn1ccnc1SCC(=O)Nc1cccc(Cl)c1Cl. The Kier molecular flexibility index (Phi) is 4.74. The van der Waals surface area contributed by atoms with E-state index in [2.05, 4.69) is 10.3 Å². The molecule has 2 aromatic rings. The lowest BCUT2D eigenvalue weighted by molar-refractivity contribution is -0.113. The number of anilines is 1. The van der Waals surface area contributed by atoms with Gasteiger partial charge in [-0.3, -0.25) is 4.79 Å². The summed E-state index contributed by atoms with van der Waals surface area (Å²) in [6.45, 7) is 0. The molecule has 1 amide bonds. The summed E-state index contributed by atoms with van der Waals surface area (Å²) in [6, 6.07) is 5.11. The maximum Gasteiger partial charge on any atom is 0.234 e. The molecular formula is C12H11Cl2N3OS. The first-order chi connectivity index (χ1) is 9.08. The van der Waals surface area contributed by atoms with Crippen LogP contribution in [0.15, 0.2) is 35.7 Å². The smallest absolute Gasteiger partial charge is 0.234 e. The van der Waals surface area contributed by atoms with Crippen LogP contribution >= 0.6 is 35.0 Å². The second-order valence-electron chi connectivity index (χ2n) is 3.76. The number of rotatable bonds is 4. The fourth-order valence-corrected chi connectivity index (χ4v) is 2.49. The minimum absolute atomic E-state index is 0.155. The van der Waals surface area contributed by atoms with E-state index in [1.54, 1.807) is 24.4 Å². The van der Waals surface area contributed by atoms with Gasteiger partial charge in [0.1, 0.15) is 0 Å². The van der Waals surface area contributed by atoms with Crippen molar-refractivity contribution in [2.24, 2.45) is 7.05 Å². The summed E-state index contributed by atoms with van der Waals surface area (Å²) in [5.74, 6) is 0.102. The minimum atomic E-state index is -0.155. The molecule has 0 saturated carbocycles. The number of aromatic nitrogens is 2. The second kappa shape index (κ2) is 6.32. The Balaban J connectivity index is 1.95. The maximum atomic E-state index is 11.8. The fourth-order valence-electron chi connectivity index (χ4n) is 1.41. The van der Waals surface area contributed by atoms with Crippen LogP contribution in [0.25, 0.3) is 0 Å². The third-order valence-electron chi connectivity index (χ3n) is 2.34. The zero-order chi connectivity index (χ0) is 13.8. The van der Waals surface area contributed by atoms with Crippen molar-refractivity contribution in [2.75, 3.05) is 11.1 Å². The molecule has 1 heterocycles. The number of carbonyl (C=O) groups is 1. The van der Waals surface area contributed by atoms with Crippen molar-refractivity contribution in [3.63, 3.8) is 0 Å². The van der Waals surface area contributed by atoms with Crippen molar-refractivity contribution in [3.8, 4) is 0 Å². The van der Waals surface area contributed by atoms with E-state index in [4.69, 9.17) is 23.2 Å². The van der Waals surface area contributed by atoms with Gasteiger partial charge in [0.25, 0.3) is 0 Å². The highest BCUT2D eigenvalue weighted by Gasteiger charge is 2.09. The van der Waals surface area contributed by atoms with Crippen LogP contribution in [-0.2, 0) is 11.8 Å². The lowest BCUT2D eigenvalue weighted by Crippen LogP contribution is -2.14. The number of amides is 1. The predicted molar refractivity (Wildman–Crippen MR) is 79.0 cm³/mol. The summed E-state index contributed by atoms with van der Waals surface area (Å²) >= 11 is 13.2. The van der Waals surface area contributed by atoms with Gasteiger partial charge in [-0.15, -0.1) is 0 Å². The summed E-state index contributed by atoms with van der Waals surface area (Å²) in [7, 11) is 1.88. The van der Waals surface area contributed by atoms with Crippen molar-refractivity contribution in [1.82, 2.24) is 9.55 Å².